The predicted octanol–water partition coefficient (Wildman–Crippen LogP) is 3.28. The zero-order valence-corrected chi connectivity index (χ0v) is 10.4. The Bertz CT molecular complexity index is 316. The second kappa shape index (κ2) is 5.59. The second-order valence-corrected chi connectivity index (χ2v) is 4.32. The Morgan fingerprint density at radius 1 is 1.33 bits per heavy atom. The van der Waals surface area contributed by atoms with Crippen LogP contribution in [0.3, 0.4) is 0 Å². The third kappa shape index (κ3) is 3.56. The summed E-state index contributed by atoms with van der Waals surface area (Å²) in [7, 11) is 0. The topological polar surface area (TPSA) is 35.2 Å². The van der Waals surface area contributed by atoms with Crippen LogP contribution in [0.25, 0.3) is 0 Å². The van der Waals surface area contributed by atoms with E-state index < -0.39 is 0 Å². The number of hydrogen-bond donors (Lipinski definition) is 1. The van der Waals surface area contributed by atoms with Crippen LogP contribution in [0.4, 0.5) is 0 Å². The standard InChI is InChI=1S/C11H15Cl2NO/c1-3-15-11-9(12)5-8(4-7(2)14)6-10(11)13/h5-7H,3-4,14H2,1-2H3. The molecule has 0 spiro atoms. The Kier molecular flexibility index (Phi) is 4.71. The molecule has 1 aromatic rings. The minimum atomic E-state index is 0.0927. The van der Waals surface area contributed by atoms with Gasteiger partial charge in [0.1, 0.15) is 0 Å². The molecule has 1 unspecified atom stereocenters. The molecule has 4 heteroatoms. The van der Waals surface area contributed by atoms with Crippen LogP contribution >= 0.6 is 23.2 Å². The highest BCUT2D eigenvalue weighted by Crippen LogP contribution is 2.34. The number of hydrogen-bond acceptors (Lipinski definition) is 2. The molecule has 15 heavy (non-hydrogen) atoms. The fourth-order valence-electron chi connectivity index (χ4n) is 1.38. The van der Waals surface area contributed by atoms with Crippen LogP contribution in [0.1, 0.15) is 19.4 Å². The molecule has 2 N–H and O–H groups in total. The average Bonchev–Trinajstić information content (AvgIpc) is 2.10. The van der Waals surface area contributed by atoms with Gasteiger partial charge in [0.15, 0.2) is 5.75 Å². The largest absolute Gasteiger partial charge is 0.491 e. The van der Waals surface area contributed by atoms with Crippen LogP contribution in [0.5, 0.6) is 5.75 Å². The maximum absolute atomic E-state index is 6.05. The summed E-state index contributed by atoms with van der Waals surface area (Å²) in [6.45, 7) is 4.38. The molecule has 0 saturated carbocycles. The van der Waals surface area contributed by atoms with Gasteiger partial charge in [-0.15, -0.1) is 0 Å². The molecule has 1 aromatic carbocycles. The molecule has 0 amide bonds. The number of halogens is 2. The zero-order valence-electron chi connectivity index (χ0n) is 8.89. The first-order valence-corrected chi connectivity index (χ1v) is 5.66. The highest BCUT2D eigenvalue weighted by molar-refractivity contribution is 6.37. The van der Waals surface area contributed by atoms with Gasteiger partial charge in [-0.3, -0.25) is 0 Å². The number of ether oxygens (including phenoxy) is 1. The van der Waals surface area contributed by atoms with Gasteiger partial charge in [-0.05, 0) is 38.0 Å². The van der Waals surface area contributed by atoms with E-state index in [0.717, 1.165) is 12.0 Å². The van der Waals surface area contributed by atoms with Crippen molar-refractivity contribution in [1.82, 2.24) is 0 Å². The van der Waals surface area contributed by atoms with Crippen molar-refractivity contribution in [2.75, 3.05) is 6.61 Å². The molecule has 0 aliphatic rings. The van der Waals surface area contributed by atoms with Gasteiger partial charge in [-0.25, -0.2) is 0 Å². The van der Waals surface area contributed by atoms with Gasteiger partial charge in [0.25, 0.3) is 0 Å². The molecule has 0 aliphatic heterocycles. The first-order chi connectivity index (χ1) is 7.04. The molecule has 0 heterocycles. The van der Waals surface area contributed by atoms with Crippen LogP contribution in [-0.4, -0.2) is 12.6 Å². The average molecular weight is 248 g/mol. The van der Waals surface area contributed by atoms with Crippen LogP contribution in [0.2, 0.25) is 10.0 Å². The van der Waals surface area contributed by atoms with Gasteiger partial charge in [0.05, 0.1) is 16.7 Å². The first-order valence-electron chi connectivity index (χ1n) is 4.91. The summed E-state index contributed by atoms with van der Waals surface area (Å²) < 4.78 is 5.33. The quantitative estimate of drug-likeness (QED) is 0.887. The lowest BCUT2D eigenvalue weighted by Crippen LogP contribution is -2.17. The maximum Gasteiger partial charge on any atom is 0.156 e. The van der Waals surface area contributed by atoms with Crippen LogP contribution in [0.15, 0.2) is 12.1 Å². The lowest BCUT2D eigenvalue weighted by atomic mass is 10.1. The van der Waals surface area contributed by atoms with Crippen LogP contribution in [-0.2, 0) is 6.42 Å². The molecule has 1 atom stereocenters. The molecule has 0 fully saturated rings. The molecule has 1 rings (SSSR count). The molecule has 0 aromatic heterocycles. The van der Waals surface area contributed by atoms with Crippen LogP contribution in [0, 0.1) is 0 Å². The third-order valence-corrected chi connectivity index (χ3v) is 2.47. The lowest BCUT2D eigenvalue weighted by Gasteiger charge is -2.11. The maximum atomic E-state index is 6.05. The number of nitrogens with two attached hydrogens (primary N) is 1. The van der Waals surface area contributed by atoms with Gasteiger partial charge < -0.3 is 10.5 Å². The summed E-state index contributed by atoms with van der Waals surface area (Å²) in [5.41, 5.74) is 6.73. The Labute approximate surface area is 100 Å². The Balaban J connectivity index is 2.97. The minimum absolute atomic E-state index is 0.0927. The molecule has 0 saturated heterocycles. The van der Waals surface area contributed by atoms with Gasteiger partial charge in [-0.2, -0.15) is 0 Å². The second-order valence-electron chi connectivity index (χ2n) is 3.50. The summed E-state index contributed by atoms with van der Waals surface area (Å²) in [5, 5.41) is 1.08. The van der Waals surface area contributed by atoms with Crippen molar-refractivity contribution in [3.63, 3.8) is 0 Å². The lowest BCUT2D eigenvalue weighted by molar-refractivity contribution is 0.340. The highest BCUT2D eigenvalue weighted by atomic mass is 35.5. The van der Waals surface area contributed by atoms with Gasteiger partial charge in [-0.1, -0.05) is 23.2 Å². The van der Waals surface area contributed by atoms with E-state index in [2.05, 4.69) is 0 Å². The third-order valence-electron chi connectivity index (χ3n) is 1.90. The Morgan fingerprint density at radius 3 is 2.27 bits per heavy atom. The van der Waals surface area contributed by atoms with Gasteiger partial charge >= 0.3 is 0 Å². The van der Waals surface area contributed by atoms with Crippen molar-refractivity contribution in [3.8, 4) is 5.75 Å². The summed E-state index contributed by atoms with van der Waals surface area (Å²) in [4.78, 5) is 0. The first kappa shape index (κ1) is 12.6. The van der Waals surface area contributed by atoms with E-state index in [1.54, 1.807) is 0 Å². The summed E-state index contributed by atoms with van der Waals surface area (Å²) in [5.74, 6) is 0.550. The van der Waals surface area contributed by atoms with Crippen molar-refractivity contribution >= 4 is 23.2 Å². The number of benzene rings is 1. The van der Waals surface area contributed by atoms with Gasteiger partial charge in [0.2, 0.25) is 0 Å². The summed E-state index contributed by atoms with van der Waals surface area (Å²) in [6.07, 6.45) is 0.756. The monoisotopic (exact) mass is 247 g/mol. The van der Waals surface area contributed by atoms with Crippen molar-refractivity contribution in [2.45, 2.75) is 26.3 Å². The fraction of sp³-hybridized carbons (Fsp3) is 0.455. The molecule has 0 aliphatic carbocycles. The van der Waals surface area contributed by atoms with E-state index in [-0.39, 0.29) is 6.04 Å². The van der Waals surface area contributed by atoms with Crippen LogP contribution < -0.4 is 10.5 Å². The summed E-state index contributed by atoms with van der Waals surface area (Å²) >= 11 is 12.1. The van der Waals surface area contributed by atoms with Crippen molar-refractivity contribution in [2.24, 2.45) is 5.73 Å². The van der Waals surface area contributed by atoms with E-state index in [1.165, 1.54) is 0 Å². The molecule has 2 nitrogen and oxygen atoms in total. The highest BCUT2D eigenvalue weighted by Gasteiger charge is 2.09. The number of rotatable bonds is 4. The molecular weight excluding hydrogens is 233 g/mol. The van der Waals surface area contributed by atoms with Crippen molar-refractivity contribution in [1.29, 1.82) is 0 Å². The molecule has 0 bridgehead atoms. The smallest absolute Gasteiger partial charge is 0.156 e. The Hall–Kier alpha value is -0.440. The molecule has 0 radical (unpaired) electrons. The predicted molar refractivity (Wildman–Crippen MR) is 65.0 cm³/mol. The minimum Gasteiger partial charge on any atom is -0.491 e. The fourth-order valence-corrected chi connectivity index (χ4v) is 2.03. The van der Waals surface area contributed by atoms with E-state index in [4.69, 9.17) is 33.7 Å². The summed E-state index contributed by atoms with van der Waals surface area (Å²) in [6, 6.07) is 3.79. The Morgan fingerprint density at radius 2 is 1.87 bits per heavy atom. The van der Waals surface area contributed by atoms with Crippen molar-refractivity contribution in [3.05, 3.63) is 27.7 Å². The van der Waals surface area contributed by atoms with E-state index in [9.17, 15) is 0 Å². The SMILES string of the molecule is CCOc1c(Cl)cc(CC(C)N)cc1Cl. The normalized spacial score (nSPS) is 12.6. The zero-order chi connectivity index (χ0) is 11.4. The molecular formula is C11H15Cl2NO. The molecule has 84 valence electrons. The van der Waals surface area contributed by atoms with E-state index in [1.807, 2.05) is 26.0 Å². The van der Waals surface area contributed by atoms with Crippen molar-refractivity contribution < 1.29 is 4.74 Å². The van der Waals surface area contributed by atoms with Gasteiger partial charge in [0, 0.05) is 6.04 Å². The van der Waals surface area contributed by atoms with E-state index in [0.29, 0.717) is 22.4 Å². The van der Waals surface area contributed by atoms with E-state index >= 15 is 0 Å².